The highest BCUT2D eigenvalue weighted by atomic mass is 16.3. The number of rotatable bonds is 4. The summed E-state index contributed by atoms with van der Waals surface area (Å²) in [6.07, 6.45) is 5.51. The number of hydrogen-bond donors (Lipinski definition) is 1. The Morgan fingerprint density at radius 2 is 2.29 bits per heavy atom. The van der Waals surface area contributed by atoms with Crippen LogP contribution < -0.4 is 5.32 Å². The predicted octanol–water partition coefficient (Wildman–Crippen LogP) is 3.24. The fourth-order valence-corrected chi connectivity index (χ4v) is 1.21. The second kappa shape index (κ2) is 4.70. The zero-order chi connectivity index (χ0) is 10.6. The molecule has 2 nitrogen and oxygen atoms in total. The van der Waals surface area contributed by atoms with Crippen molar-refractivity contribution >= 4 is 6.08 Å². The lowest BCUT2D eigenvalue weighted by atomic mass is 10.1. The topological polar surface area (TPSA) is 25.2 Å². The van der Waals surface area contributed by atoms with Gasteiger partial charge >= 0.3 is 0 Å². The summed E-state index contributed by atoms with van der Waals surface area (Å²) < 4.78 is 5.32. The Morgan fingerprint density at radius 3 is 2.79 bits per heavy atom. The lowest BCUT2D eigenvalue weighted by Crippen LogP contribution is -2.05. The van der Waals surface area contributed by atoms with Crippen molar-refractivity contribution in [3.8, 4) is 0 Å². The summed E-state index contributed by atoms with van der Waals surface area (Å²) in [7, 11) is 0. The Morgan fingerprint density at radius 1 is 1.57 bits per heavy atom. The maximum absolute atomic E-state index is 5.32. The van der Waals surface area contributed by atoms with Gasteiger partial charge in [0.15, 0.2) is 0 Å². The first-order chi connectivity index (χ1) is 6.65. The van der Waals surface area contributed by atoms with Crippen molar-refractivity contribution < 1.29 is 4.42 Å². The maximum atomic E-state index is 5.32. The van der Waals surface area contributed by atoms with E-state index in [0.29, 0.717) is 0 Å². The number of hydrogen-bond acceptors (Lipinski definition) is 2. The maximum Gasteiger partial charge on any atom is 0.129 e. The van der Waals surface area contributed by atoms with Crippen LogP contribution in [0.2, 0.25) is 0 Å². The Balaban J connectivity index is 2.64. The molecule has 0 atom stereocenters. The predicted molar refractivity (Wildman–Crippen MR) is 59.8 cm³/mol. The summed E-state index contributed by atoms with van der Waals surface area (Å²) in [6.45, 7) is 10.6. The SMILES string of the molecule is C=Cc1occ(CNC=C(C)C)c1C. The third kappa shape index (κ3) is 2.52. The highest BCUT2D eigenvalue weighted by molar-refractivity contribution is 5.47. The molecule has 1 N–H and O–H groups in total. The Labute approximate surface area is 85.3 Å². The van der Waals surface area contributed by atoms with Crippen LogP contribution in [0.15, 0.2) is 29.0 Å². The Hall–Kier alpha value is -1.44. The van der Waals surface area contributed by atoms with Crippen LogP contribution >= 0.6 is 0 Å². The van der Waals surface area contributed by atoms with Gasteiger partial charge in [-0.2, -0.15) is 0 Å². The van der Waals surface area contributed by atoms with Gasteiger partial charge in [-0.1, -0.05) is 12.2 Å². The van der Waals surface area contributed by atoms with Gasteiger partial charge < -0.3 is 9.73 Å². The molecule has 0 unspecified atom stereocenters. The molecule has 1 rings (SSSR count). The van der Waals surface area contributed by atoms with E-state index in [1.807, 2.05) is 13.1 Å². The highest BCUT2D eigenvalue weighted by Crippen LogP contribution is 2.16. The van der Waals surface area contributed by atoms with Gasteiger partial charge in [-0.15, -0.1) is 0 Å². The standard InChI is InChI=1S/C12H17NO/c1-5-12-10(4)11(8-14-12)7-13-6-9(2)3/h5-6,8,13H,1,7H2,2-4H3. The van der Waals surface area contributed by atoms with Gasteiger partial charge in [0, 0.05) is 12.1 Å². The van der Waals surface area contributed by atoms with Crippen LogP contribution in [0.4, 0.5) is 0 Å². The van der Waals surface area contributed by atoms with Crippen LogP contribution in [0.25, 0.3) is 6.08 Å². The molecule has 1 heterocycles. The third-order valence-electron chi connectivity index (χ3n) is 2.05. The number of allylic oxidation sites excluding steroid dienone is 1. The minimum absolute atomic E-state index is 0.800. The zero-order valence-electron chi connectivity index (χ0n) is 9.05. The quantitative estimate of drug-likeness (QED) is 0.790. The normalized spacial score (nSPS) is 9.64. The third-order valence-corrected chi connectivity index (χ3v) is 2.05. The first kappa shape index (κ1) is 10.6. The van der Waals surface area contributed by atoms with Crippen LogP contribution in [0.1, 0.15) is 30.7 Å². The van der Waals surface area contributed by atoms with Gasteiger partial charge in [0.2, 0.25) is 0 Å². The van der Waals surface area contributed by atoms with Crippen molar-refractivity contribution in [1.82, 2.24) is 5.32 Å². The van der Waals surface area contributed by atoms with Crippen molar-refractivity contribution in [3.05, 3.63) is 41.5 Å². The summed E-state index contributed by atoms with van der Waals surface area (Å²) >= 11 is 0. The molecular weight excluding hydrogens is 174 g/mol. The van der Waals surface area contributed by atoms with E-state index in [0.717, 1.165) is 17.9 Å². The largest absolute Gasteiger partial charge is 0.464 e. The van der Waals surface area contributed by atoms with Gasteiger partial charge in [-0.05, 0) is 38.6 Å². The fraction of sp³-hybridized carbons (Fsp3) is 0.333. The summed E-state index contributed by atoms with van der Waals surface area (Å²) in [5, 5.41) is 3.22. The van der Waals surface area contributed by atoms with Crippen LogP contribution in [0.5, 0.6) is 0 Å². The molecule has 0 aliphatic carbocycles. The van der Waals surface area contributed by atoms with Crippen molar-refractivity contribution in [1.29, 1.82) is 0 Å². The van der Waals surface area contributed by atoms with E-state index in [2.05, 4.69) is 25.7 Å². The molecule has 0 bridgehead atoms. The average Bonchev–Trinajstić information content (AvgIpc) is 2.47. The van der Waals surface area contributed by atoms with E-state index in [4.69, 9.17) is 4.42 Å². The molecular formula is C12H17NO. The van der Waals surface area contributed by atoms with Gasteiger partial charge in [0.05, 0.1) is 6.26 Å². The molecule has 0 aliphatic heterocycles. The average molecular weight is 191 g/mol. The van der Waals surface area contributed by atoms with Crippen molar-refractivity contribution in [2.45, 2.75) is 27.3 Å². The van der Waals surface area contributed by atoms with Crippen LogP contribution in [-0.2, 0) is 6.54 Å². The van der Waals surface area contributed by atoms with Crippen molar-refractivity contribution in [2.24, 2.45) is 0 Å². The molecule has 14 heavy (non-hydrogen) atoms. The fourth-order valence-electron chi connectivity index (χ4n) is 1.21. The van der Waals surface area contributed by atoms with Gasteiger partial charge in [-0.25, -0.2) is 0 Å². The van der Waals surface area contributed by atoms with Crippen LogP contribution in [-0.4, -0.2) is 0 Å². The minimum Gasteiger partial charge on any atom is -0.464 e. The van der Waals surface area contributed by atoms with Crippen molar-refractivity contribution in [3.63, 3.8) is 0 Å². The molecule has 0 saturated carbocycles. The van der Waals surface area contributed by atoms with E-state index < -0.39 is 0 Å². The highest BCUT2D eigenvalue weighted by Gasteiger charge is 2.04. The van der Waals surface area contributed by atoms with Gasteiger partial charge in [-0.3, -0.25) is 0 Å². The summed E-state index contributed by atoms with van der Waals surface area (Å²) in [5.41, 5.74) is 3.60. The zero-order valence-corrected chi connectivity index (χ0v) is 9.05. The summed E-state index contributed by atoms with van der Waals surface area (Å²) in [4.78, 5) is 0. The first-order valence-electron chi connectivity index (χ1n) is 4.71. The van der Waals surface area contributed by atoms with E-state index >= 15 is 0 Å². The van der Waals surface area contributed by atoms with E-state index in [1.165, 1.54) is 11.1 Å². The van der Waals surface area contributed by atoms with E-state index in [1.54, 1.807) is 12.3 Å². The van der Waals surface area contributed by atoms with Crippen molar-refractivity contribution in [2.75, 3.05) is 0 Å². The summed E-state index contributed by atoms with van der Waals surface area (Å²) in [6, 6.07) is 0. The molecule has 0 fully saturated rings. The molecule has 1 aromatic rings. The first-order valence-corrected chi connectivity index (χ1v) is 4.71. The van der Waals surface area contributed by atoms with Crippen LogP contribution in [0.3, 0.4) is 0 Å². The van der Waals surface area contributed by atoms with E-state index in [-0.39, 0.29) is 0 Å². The molecule has 0 amide bonds. The molecule has 2 heteroatoms. The van der Waals surface area contributed by atoms with Gasteiger partial charge in [0.1, 0.15) is 5.76 Å². The van der Waals surface area contributed by atoms with Gasteiger partial charge in [0.25, 0.3) is 0 Å². The molecule has 0 aromatic carbocycles. The Bertz CT molecular complexity index is 343. The van der Waals surface area contributed by atoms with E-state index in [9.17, 15) is 0 Å². The molecule has 1 aromatic heterocycles. The molecule has 0 saturated heterocycles. The minimum atomic E-state index is 0.800. The van der Waals surface area contributed by atoms with Crippen LogP contribution in [0, 0.1) is 6.92 Å². The second-order valence-electron chi connectivity index (χ2n) is 3.56. The molecule has 76 valence electrons. The Kier molecular flexibility index (Phi) is 3.57. The second-order valence-corrected chi connectivity index (χ2v) is 3.56. The number of nitrogens with one attached hydrogen (secondary N) is 1. The smallest absolute Gasteiger partial charge is 0.129 e. The molecule has 0 aliphatic rings. The monoisotopic (exact) mass is 191 g/mol. The summed E-state index contributed by atoms with van der Waals surface area (Å²) in [5.74, 6) is 0.860. The molecule has 0 spiro atoms. The number of furan rings is 1. The lowest BCUT2D eigenvalue weighted by Gasteiger charge is -1.99. The molecule has 0 radical (unpaired) electrons. The lowest BCUT2D eigenvalue weighted by molar-refractivity contribution is 0.551.